The van der Waals surface area contributed by atoms with Gasteiger partial charge in [0.15, 0.2) is 5.76 Å². The van der Waals surface area contributed by atoms with Crippen molar-refractivity contribution in [3.63, 3.8) is 0 Å². The Kier molecular flexibility index (Phi) is 3.62. The first-order valence-corrected chi connectivity index (χ1v) is 8.90. The highest BCUT2D eigenvalue weighted by Gasteiger charge is 2.41. The van der Waals surface area contributed by atoms with E-state index in [1.807, 2.05) is 0 Å². The normalized spacial score (nSPS) is 28.3. The molecule has 0 aromatic carbocycles. The number of nitrogens with zero attached hydrogens (tertiary/aromatic N) is 2. The summed E-state index contributed by atoms with van der Waals surface area (Å²) in [4.78, 5) is 0.281. The van der Waals surface area contributed by atoms with Gasteiger partial charge in [-0.3, -0.25) is 0 Å². The number of hydrogen-bond donors (Lipinski definition) is 0. The Bertz CT molecular complexity index is 572. The molecule has 3 rings (SSSR count). The highest BCUT2D eigenvalue weighted by atomic mass is 32.2. The standard InChI is InChI=1S/C14H22N2O3S/c1-10-14(11(2)19-15-10)20(17,18)16-9-5-7-12-6-3-4-8-13(12)16/h12-13H,3-9H2,1-2H3/t12-,13-/m0/s1. The second-order valence-corrected chi connectivity index (χ2v) is 7.85. The third-order valence-electron chi connectivity index (χ3n) is 4.73. The molecule has 2 fully saturated rings. The van der Waals surface area contributed by atoms with Crippen LogP contribution in [0.1, 0.15) is 50.0 Å². The molecule has 0 unspecified atom stereocenters. The maximum Gasteiger partial charge on any atom is 0.248 e. The van der Waals surface area contributed by atoms with Gasteiger partial charge in [-0.2, -0.15) is 4.31 Å². The predicted octanol–water partition coefficient (Wildman–Crippen LogP) is 2.63. The van der Waals surface area contributed by atoms with Crippen molar-refractivity contribution in [3.05, 3.63) is 11.5 Å². The zero-order valence-electron chi connectivity index (χ0n) is 12.1. The van der Waals surface area contributed by atoms with Gasteiger partial charge < -0.3 is 4.52 Å². The third kappa shape index (κ3) is 2.19. The monoisotopic (exact) mass is 298 g/mol. The van der Waals surface area contributed by atoms with Crippen LogP contribution in [0.5, 0.6) is 0 Å². The van der Waals surface area contributed by atoms with E-state index in [0.29, 0.717) is 23.9 Å². The molecular formula is C14H22N2O3S. The van der Waals surface area contributed by atoms with Crippen molar-refractivity contribution in [2.45, 2.75) is 63.3 Å². The Labute approximate surface area is 120 Å². The smallest absolute Gasteiger partial charge is 0.248 e. The van der Waals surface area contributed by atoms with Gasteiger partial charge in [0.25, 0.3) is 0 Å². The van der Waals surface area contributed by atoms with E-state index in [1.165, 1.54) is 6.42 Å². The van der Waals surface area contributed by atoms with Gasteiger partial charge in [-0.05, 0) is 45.4 Å². The Hall–Kier alpha value is -0.880. The van der Waals surface area contributed by atoms with Crippen molar-refractivity contribution in [2.24, 2.45) is 5.92 Å². The van der Waals surface area contributed by atoms with E-state index in [9.17, 15) is 8.42 Å². The Morgan fingerprint density at radius 1 is 1.15 bits per heavy atom. The van der Waals surface area contributed by atoms with Gasteiger partial charge in [0.2, 0.25) is 10.0 Å². The fraction of sp³-hybridized carbons (Fsp3) is 0.786. The summed E-state index contributed by atoms with van der Waals surface area (Å²) >= 11 is 0. The van der Waals surface area contributed by atoms with Crippen LogP contribution in [0.4, 0.5) is 0 Å². The average molecular weight is 298 g/mol. The molecule has 0 bridgehead atoms. The number of rotatable bonds is 2. The lowest BCUT2D eigenvalue weighted by atomic mass is 9.79. The first kappa shape index (κ1) is 14.1. The van der Waals surface area contributed by atoms with Crippen molar-refractivity contribution in [3.8, 4) is 0 Å². The molecule has 1 aromatic rings. The molecule has 1 aliphatic heterocycles. The summed E-state index contributed by atoms with van der Waals surface area (Å²) in [6, 6.07) is 0.177. The van der Waals surface area contributed by atoms with Crippen molar-refractivity contribution in [1.82, 2.24) is 9.46 Å². The average Bonchev–Trinajstić information content (AvgIpc) is 2.78. The van der Waals surface area contributed by atoms with Gasteiger partial charge in [-0.1, -0.05) is 18.0 Å². The molecule has 20 heavy (non-hydrogen) atoms. The SMILES string of the molecule is Cc1noc(C)c1S(=O)(=O)N1CCC[C@@H]2CCCC[C@@H]21. The molecule has 0 amide bonds. The van der Waals surface area contributed by atoms with Crippen molar-refractivity contribution in [2.75, 3.05) is 6.54 Å². The molecule has 5 nitrogen and oxygen atoms in total. The summed E-state index contributed by atoms with van der Waals surface area (Å²) in [5, 5.41) is 3.80. The number of aromatic nitrogens is 1. The lowest BCUT2D eigenvalue weighted by Gasteiger charge is -2.43. The molecule has 1 saturated carbocycles. The molecular weight excluding hydrogens is 276 g/mol. The molecule has 2 atom stereocenters. The molecule has 2 heterocycles. The lowest BCUT2D eigenvalue weighted by molar-refractivity contribution is 0.129. The maximum atomic E-state index is 13.0. The fourth-order valence-electron chi connectivity index (χ4n) is 3.84. The number of hydrogen-bond acceptors (Lipinski definition) is 4. The number of fused-ring (bicyclic) bond motifs is 1. The van der Waals surface area contributed by atoms with Gasteiger partial charge in [-0.25, -0.2) is 8.42 Å². The van der Waals surface area contributed by atoms with Crippen molar-refractivity contribution >= 4 is 10.0 Å². The van der Waals surface area contributed by atoms with Crippen LogP contribution in [0.2, 0.25) is 0 Å². The topological polar surface area (TPSA) is 63.4 Å². The molecule has 1 aliphatic carbocycles. The number of aryl methyl sites for hydroxylation is 2. The second kappa shape index (κ2) is 5.15. The van der Waals surface area contributed by atoms with Gasteiger partial charge in [-0.15, -0.1) is 0 Å². The Morgan fingerprint density at radius 2 is 1.85 bits per heavy atom. The number of sulfonamides is 1. The molecule has 2 aliphatic rings. The van der Waals surface area contributed by atoms with E-state index in [2.05, 4.69) is 5.16 Å². The van der Waals surface area contributed by atoms with Crippen molar-refractivity contribution < 1.29 is 12.9 Å². The molecule has 112 valence electrons. The van der Waals surface area contributed by atoms with Crippen LogP contribution >= 0.6 is 0 Å². The first-order valence-electron chi connectivity index (χ1n) is 7.46. The molecule has 1 aromatic heterocycles. The van der Waals surface area contributed by atoms with E-state index in [4.69, 9.17) is 4.52 Å². The second-order valence-electron chi connectivity index (χ2n) is 6.02. The third-order valence-corrected chi connectivity index (χ3v) is 6.90. The summed E-state index contributed by atoms with van der Waals surface area (Å²) < 4.78 is 32.7. The van der Waals surface area contributed by atoms with E-state index in [0.717, 1.165) is 32.1 Å². The first-order chi connectivity index (χ1) is 9.51. The summed E-state index contributed by atoms with van der Waals surface area (Å²) in [6.07, 6.45) is 6.66. The van der Waals surface area contributed by atoms with E-state index in [1.54, 1.807) is 18.2 Å². The van der Waals surface area contributed by atoms with Gasteiger partial charge in [0.1, 0.15) is 10.6 Å². The Balaban J connectivity index is 1.98. The highest BCUT2D eigenvalue weighted by molar-refractivity contribution is 7.89. The van der Waals surface area contributed by atoms with Crippen LogP contribution in [-0.4, -0.2) is 30.5 Å². The largest absolute Gasteiger partial charge is 0.360 e. The molecule has 6 heteroatoms. The summed E-state index contributed by atoms with van der Waals surface area (Å²) in [5.41, 5.74) is 0.473. The van der Waals surface area contributed by atoms with E-state index < -0.39 is 10.0 Å². The summed E-state index contributed by atoms with van der Waals surface area (Å²) in [7, 11) is -3.47. The highest BCUT2D eigenvalue weighted by Crippen LogP contribution is 2.38. The van der Waals surface area contributed by atoms with E-state index >= 15 is 0 Å². The molecule has 0 spiro atoms. The maximum absolute atomic E-state index is 13.0. The van der Waals surface area contributed by atoms with E-state index in [-0.39, 0.29) is 10.9 Å². The van der Waals surface area contributed by atoms with Crippen LogP contribution in [0.15, 0.2) is 9.42 Å². The summed E-state index contributed by atoms with van der Waals surface area (Å²) in [6.45, 7) is 4.01. The van der Waals surface area contributed by atoms with Crippen LogP contribution in [-0.2, 0) is 10.0 Å². The Morgan fingerprint density at radius 3 is 2.55 bits per heavy atom. The lowest BCUT2D eigenvalue weighted by Crippen LogP contribution is -2.49. The van der Waals surface area contributed by atoms with Gasteiger partial charge >= 0.3 is 0 Å². The minimum Gasteiger partial charge on any atom is -0.360 e. The zero-order chi connectivity index (χ0) is 14.3. The van der Waals surface area contributed by atoms with Crippen LogP contribution in [0.25, 0.3) is 0 Å². The van der Waals surface area contributed by atoms with Gasteiger partial charge in [0, 0.05) is 12.6 Å². The quantitative estimate of drug-likeness (QED) is 0.842. The van der Waals surface area contributed by atoms with Crippen LogP contribution in [0, 0.1) is 19.8 Å². The van der Waals surface area contributed by atoms with Crippen LogP contribution < -0.4 is 0 Å². The molecule has 0 radical (unpaired) electrons. The van der Waals surface area contributed by atoms with Crippen molar-refractivity contribution in [1.29, 1.82) is 0 Å². The minimum absolute atomic E-state index is 0.177. The zero-order valence-corrected chi connectivity index (χ0v) is 12.9. The number of piperidine rings is 1. The molecule has 1 saturated heterocycles. The molecule has 0 N–H and O–H groups in total. The minimum atomic E-state index is -3.47. The predicted molar refractivity (Wildman–Crippen MR) is 74.8 cm³/mol. The fourth-order valence-corrected chi connectivity index (χ4v) is 5.89. The summed E-state index contributed by atoms with van der Waals surface area (Å²) in [5.74, 6) is 0.938. The van der Waals surface area contributed by atoms with Crippen LogP contribution in [0.3, 0.4) is 0 Å². The van der Waals surface area contributed by atoms with Gasteiger partial charge in [0.05, 0.1) is 0 Å².